The molecule has 0 fully saturated rings. The largest absolute Gasteiger partial charge is 0.296 e. The van der Waals surface area contributed by atoms with Crippen LogP contribution in [0.4, 0.5) is 11.4 Å². The van der Waals surface area contributed by atoms with E-state index >= 15 is 0 Å². The van der Waals surface area contributed by atoms with E-state index in [2.05, 4.69) is 86.8 Å². The number of hydrogen-bond acceptors (Lipinski definition) is 7. The Labute approximate surface area is 280 Å². The Balaban J connectivity index is 1.37. The van der Waals surface area contributed by atoms with Crippen molar-refractivity contribution in [2.75, 3.05) is 4.90 Å². The molecule has 3 aromatic carbocycles. The third-order valence-corrected chi connectivity index (χ3v) is 9.86. The molecule has 49 heavy (non-hydrogen) atoms. The highest BCUT2D eigenvalue weighted by Crippen LogP contribution is 2.45. The van der Waals surface area contributed by atoms with Crippen LogP contribution in [0.2, 0.25) is 0 Å². The topological polar surface area (TPSA) is 89.9 Å². The second-order valence-corrected chi connectivity index (χ2v) is 12.4. The van der Waals surface area contributed by atoms with Crippen LogP contribution in [0.5, 0.6) is 0 Å². The average molecular weight is 629 g/mol. The predicted molar refractivity (Wildman–Crippen MR) is 195 cm³/mol. The highest BCUT2D eigenvalue weighted by atomic mass is 15.2. The van der Waals surface area contributed by atoms with Crippen LogP contribution in [-0.4, -0.2) is 47.0 Å². The molecule has 0 amide bonds. The third kappa shape index (κ3) is 3.54. The Bertz CT molecular complexity index is 2750. The van der Waals surface area contributed by atoms with Crippen molar-refractivity contribution in [3.63, 3.8) is 0 Å². The van der Waals surface area contributed by atoms with E-state index < -0.39 is 0 Å². The first-order chi connectivity index (χ1) is 24.4. The van der Waals surface area contributed by atoms with E-state index in [9.17, 15) is 0 Å². The van der Waals surface area contributed by atoms with Gasteiger partial charge in [0.25, 0.3) is 6.71 Å². The van der Waals surface area contributed by atoms with Crippen LogP contribution in [0.15, 0.2) is 144 Å². The Morgan fingerprint density at radius 3 is 2.31 bits per heavy atom. The number of benzene rings is 3. The zero-order chi connectivity index (χ0) is 32.1. The summed E-state index contributed by atoms with van der Waals surface area (Å²) in [5.74, 6) is 0.916. The first-order valence-electron chi connectivity index (χ1n) is 16.3. The van der Waals surface area contributed by atoms with Gasteiger partial charge in [-0.1, -0.05) is 48.5 Å². The molecule has 11 rings (SSSR count). The number of aromatic nitrogens is 7. The molecule has 3 aliphatic rings. The molecule has 0 atom stereocenters. The number of nitrogens with zero attached hydrogens (tertiary/aromatic N) is 9. The number of fused-ring (bicyclic) bond motifs is 8. The minimum atomic E-state index is -0.142. The summed E-state index contributed by atoms with van der Waals surface area (Å²) in [5, 5.41) is 0.953. The minimum absolute atomic E-state index is 0.142. The lowest BCUT2D eigenvalue weighted by atomic mass is 9.34. The molecular weight excluding hydrogens is 605 g/mol. The predicted octanol–water partition coefficient (Wildman–Crippen LogP) is 6.23. The van der Waals surface area contributed by atoms with Crippen LogP contribution in [0.25, 0.3) is 55.9 Å². The maximum atomic E-state index is 5.11. The van der Waals surface area contributed by atoms with E-state index in [1.54, 1.807) is 18.7 Å². The van der Waals surface area contributed by atoms with Gasteiger partial charge in [0, 0.05) is 58.7 Å². The van der Waals surface area contributed by atoms with Crippen molar-refractivity contribution in [1.82, 2.24) is 34.1 Å². The summed E-state index contributed by atoms with van der Waals surface area (Å²) in [6, 6.07) is 31.5. The van der Waals surface area contributed by atoms with Gasteiger partial charge in [0.1, 0.15) is 28.8 Å². The third-order valence-electron chi connectivity index (χ3n) is 9.86. The van der Waals surface area contributed by atoms with Crippen molar-refractivity contribution in [2.24, 2.45) is 4.99 Å². The Kier molecular flexibility index (Phi) is 5.34. The van der Waals surface area contributed by atoms with Crippen LogP contribution in [-0.2, 0) is 0 Å². The van der Waals surface area contributed by atoms with Gasteiger partial charge in [-0.3, -0.25) is 24.0 Å². The van der Waals surface area contributed by atoms with Crippen LogP contribution in [0, 0.1) is 0 Å². The molecule has 0 saturated carbocycles. The monoisotopic (exact) mass is 629 g/mol. The Morgan fingerprint density at radius 2 is 1.47 bits per heavy atom. The molecule has 0 unspecified atom stereocenters. The van der Waals surface area contributed by atoms with E-state index in [0.29, 0.717) is 0 Å². The molecule has 0 N–H and O–H groups in total. The summed E-state index contributed by atoms with van der Waals surface area (Å²) in [6.45, 7) is -0.142. The maximum Gasteiger partial charge on any atom is 0.273 e. The van der Waals surface area contributed by atoms with Gasteiger partial charge >= 0.3 is 0 Å². The second-order valence-electron chi connectivity index (χ2n) is 12.4. The smallest absolute Gasteiger partial charge is 0.273 e. The van der Waals surface area contributed by atoms with Crippen molar-refractivity contribution in [3.8, 4) is 22.6 Å². The summed E-state index contributed by atoms with van der Waals surface area (Å²) in [4.78, 5) is 32.1. The molecule has 10 heteroatoms. The van der Waals surface area contributed by atoms with Gasteiger partial charge in [-0.15, -0.1) is 0 Å². The summed E-state index contributed by atoms with van der Waals surface area (Å²) in [5.41, 5.74) is 13.7. The molecule has 0 saturated heterocycles. The lowest BCUT2D eigenvalue weighted by Gasteiger charge is -2.39. The molecule has 0 aliphatic carbocycles. The fourth-order valence-electron chi connectivity index (χ4n) is 7.98. The van der Waals surface area contributed by atoms with Crippen molar-refractivity contribution in [1.29, 1.82) is 0 Å². The standard InChI is InChI=1S/C39H24BN9/c1-3-11-25(12-4-1)47-29-21-24(28-16-8-10-17-41-28)22-30-32(29)40(27-15-7-9-18-43-37(27)47)36-35-33(45-23-46-36)31-34-38(44-20-19-42-34)48(39(31)49(30)35)26-13-5-2-6-14-26/h1-14,16-23H,15H2. The Morgan fingerprint density at radius 1 is 0.673 bits per heavy atom. The fourth-order valence-corrected chi connectivity index (χ4v) is 7.98. The van der Waals surface area contributed by atoms with Gasteiger partial charge in [0.05, 0.1) is 16.6 Å². The number of anilines is 2. The number of aliphatic imine (C=N–C) groups is 1. The van der Waals surface area contributed by atoms with Crippen molar-refractivity contribution in [3.05, 3.63) is 139 Å². The first-order valence-corrected chi connectivity index (χ1v) is 16.3. The number of rotatable bonds is 3. The molecule has 9 nitrogen and oxygen atoms in total. The van der Waals surface area contributed by atoms with Gasteiger partial charge in [0.15, 0.2) is 5.65 Å². The molecule has 0 spiro atoms. The molecule has 3 aliphatic heterocycles. The summed E-state index contributed by atoms with van der Waals surface area (Å²) < 4.78 is 4.56. The highest BCUT2D eigenvalue weighted by molar-refractivity contribution is 6.94. The molecular formula is C39H24BN9. The summed E-state index contributed by atoms with van der Waals surface area (Å²) in [6.07, 6.45) is 13.9. The SMILES string of the molecule is C1=CCC2=C(N=C1)N(c1ccccc1)c1cc(-c3ccccn3)cc3c1B2c1ncnc2c4c5nccnc5n(-c5ccccc5)c4n-3c12. The lowest BCUT2D eigenvalue weighted by Crippen LogP contribution is -2.55. The fraction of sp³-hybridized carbons (Fsp3) is 0.0256. The maximum absolute atomic E-state index is 5.11. The summed E-state index contributed by atoms with van der Waals surface area (Å²) >= 11 is 0. The first kappa shape index (κ1) is 26.4. The normalized spacial score (nSPS) is 14.5. The minimum Gasteiger partial charge on any atom is -0.296 e. The summed E-state index contributed by atoms with van der Waals surface area (Å²) in [7, 11) is 0. The molecule has 0 radical (unpaired) electrons. The van der Waals surface area contributed by atoms with E-state index in [4.69, 9.17) is 29.9 Å². The second kappa shape index (κ2) is 9.92. The average Bonchev–Trinajstić information content (AvgIpc) is 3.56. The molecule has 8 heterocycles. The van der Waals surface area contributed by atoms with Crippen molar-refractivity contribution >= 4 is 68.6 Å². The van der Waals surface area contributed by atoms with Crippen molar-refractivity contribution < 1.29 is 0 Å². The quantitative estimate of drug-likeness (QED) is 0.216. The van der Waals surface area contributed by atoms with Gasteiger partial charge in [-0.25, -0.2) is 19.9 Å². The molecule has 8 aromatic rings. The zero-order valence-corrected chi connectivity index (χ0v) is 26.0. The van der Waals surface area contributed by atoms with E-state index in [1.807, 2.05) is 42.8 Å². The highest BCUT2D eigenvalue weighted by Gasteiger charge is 2.45. The number of para-hydroxylation sites is 2. The lowest BCUT2D eigenvalue weighted by molar-refractivity contribution is 1.03. The Hall–Kier alpha value is -6.68. The molecule has 0 bridgehead atoms. The van der Waals surface area contributed by atoms with Crippen LogP contribution >= 0.6 is 0 Å². The van der Waals surface area contributed by atoms with Gasteiger partial charge < -0.3 is 0 Å². The molecule has 228 valence electrons. The molecule has 5 aromatic heterocycles. The van der Waals surface area contributed by atoms with E-state index in [1.165, 1.54) is 10.9 Å². The van der Waals surface area contributed by atoms with Crippen molar-refractivity contribution in [2.45, 2.75) is 6.42 Å². The van der Waals surface area contributed by atoms with E-state index in [0.717, 1.165) is 85.1 Å². The number of hydrogen-bond donors (Lipinski definition) is 0. The van der Waals surface area contributed by atoms with Gasteiger partial charge in [-0.05, 0) is 72.0 Å². The van der Waals surface area contributed by atoms with Gasteiger partial charge in [0.2, 0.25) is 0 Å². The van der Waals surface area contributed by atoms with E-state index in [-0.39, 0.29) is 6.71 Å². The van der Waals surface area contributed by atoms with Crippen LogP contribution in [0.1, 0.15) is 6.42 Å². The van der Waals surface area contributed by atoms with Crippen LogP contribution < -0.4 is 16.0 Å². The number of allylic oxidation sites excluding steroid dienone is 3. The van der Waals surface area contributed by atoms with Gasteiger partial charge in [-0.2, -0.15) is 0 Å². The number of pyridine rings is 1. The van der Waals surface area contributed by atoms with Crippen LogP contribution in [0.3, 0.4) is 0 Å². The zero-order valence-electron chi connectivity index (χ0n) is 26.0.